The van der Waals surface area contributed by atoms with Gasteiger partial charge < -0.3 is 0 Å². The SMILES string of the molecule is Cc1ccc(-c2ccc3ccc4ccccc4c3c2)cc1-c1ncnc[n+]1C. The first kappa shape index (κ1) is 16.6. The van der Waals surface area contributed by atoms with Crippen LogP contribution in [-0.4, -0.2) is 9.97 Å². The van der Waals surface area contributed by atoms with Crippen LogP contribution >= 0.6 is 0 Å². The van der Waals surface area contributed by atoms with Crippen molar-refractivity contribution < 1.29 is 4.57 Å². The van der Waals surface area contributed by atoms with E-state index < -0.39 is 0 Å². The molecule has 0 atom stereocenters. The van der Waals surface area contributed by atoms with Crippen LogP contribution in [0, 0.1) is 6.92 Å². The minimum atomic E-state index is 0.917. The van der Waals surface area contributed by atoms with E-state index in [1.54, 1.807) is 12.7 Å². The highest BCUT2D eigenvalue weighted by Crippen LogP contribution is 2.32. The molecule has 134 valence electrons. The molecular formula is C25H20N3+. The van der Waals surface area contributed by atoms with Crippen LogP contribution in [0.4, 0.5) is 0 Å². The van der Waals surface area contributed by atoms with Crippen molar-refractivity contribution in [1.29, 1.82) is 0 Å². The van der Waals surface area contributed by atoms with Gasteiger partial charge in [-0.25, -0.2) is 4.57 Å². The molecule has 0 unspecified atom stereocenters. The number of hydrogen-bond acceptors (Lipinski definition) is 2. The molecule has 1 heterocycles. The first-order valence-corrected chi connectivity index (χ1v) is 9.39. The molecule has 0 aliphatic heterocycles. The molecular weight excluding hydrogens is 342 g/mol. The lowest BCUT2D eigenvalue weighted by Crippen LogP contribution is -2.32. The Bertz CT molecular complexity index is 1340. The monoisotopic (exact) mass is 362 g/mol. The van der Waals surface area contributed by atoms with Crippen LogP contribution in [0.25, 0.3) is 44.1 Å². The molecule has 0 saturated heterocycles. The molecule has 3 nitrogen and oxygen atoms in total. The Morgan fingerprint density at radius 1 is 0.750 bits per heavy atom. The van der Waals surface area contributed by atoms with Crippen molar-refractivity contribution in [1.82, 2.24) is 9.97 Å². The Kier molecular flexibility index (Phi) is 3.87. The lowest BCUT2D eigenvalue weighted by atomic mass is 9.95. The lowest BCUT2D eigenvalue weighted by molar-refractivity contribution is -0.666. The second-order valence-electron chi connectivity index (χ2n) is 7.20. The third-order valence-electron chi connectivity index (χ3n) is 5.38. The van der Waals surface area contributed by atoms with Gasteiger partial charge in [-0.3, -0.25) is 0 Å². The van der Waals surface area contributed by atoms with Crippen molar-refractivity contribution >= 4 is 21.5 Å². The minimum Gasteiger partial charge on any atom is -0.236 e. The van der Waals surface area contributed by atoms with Crippen molar-refractivity contribution in [3.8, 4) is 22.5 Å². The molecule has 4 aromatic carbocycles. The standard InChI is InChI=1S/C25H20N3/c1-17-7-8-20(13-23(17)25-27-15-26-16-28(25)2)21-12-11-19-10-9-18-5-3-4-6-22(18)24(19)14-21/h3-16H,1-2H3/q+1. The molecule has 0 aliphatic rings. The van der Waals surface area contributed by atoms with Crippen molar-refractivity contribution in [3.05, 3.63) is 91.0 Å². The number of aryl methyl sites for hydroxylation is 2. The number of fused-ring (bicyclic) bond motifs is 3. The maximum absolute atomic E-state index is 4.49. The van der Waals surface area contributed by atoms with Crippen LogP contribution in [0.1, 0.15) is 5.56 Å². The Hall–Kier alpha value is -3.59. The lowest BCUT2D eigenvalue weighted by Gasteiger charge is -2.10. The van der Waals surface area contributed by atoms with E-state index >= 15 is 0 Å². The van der Waals surface area contributed by atoms with E-state index in [9.17, 15) is 0 Å². The predicted molar refractivity (Wildman–Crippen MR) is 114 cm³/mol. The van der Waals surface area contributed by atoms with E-state index in [-0.39, 0.29) is 0 Å². The molecule has 28 heavy (non-hydrogen) atoms. The molecule has 0 saturated carbocycles. The summed E-state index contributed by atoms with van der Waals surface area (Å²) in [6, 6.07) is 26.2. The summed E-state index contributed by atoms with van der Waals surface area (Å²) in [4.78, 5) is 8.58. The third kappa shape index (κ3) is 2.72. The molecule has 0 bridgehead atoms. The van der Waals surface area contributed by atoms with E-state index in [0.29, 0.717) is 0 Å². The molecule has 0 aliphatic carbocycles. The summed E-state index contributed by atoms with van der Waals surface area (Å²) in [6.45, 7) is 2.12. The fourth-order valence-electron chi connectivity index (χ4n) is 3.85. The average Bonchev–Trinajstić information content (AvgIpc) is 2.74. The summed E-state index contributed by atoms with van der Waals surface area (Å²) in [5.74, 6) is 0.917. The first-order valence-electron chi connectivity index (χ1n) is 9.39. The van der Waals surface area contributed by atoms with Gasteiger partial charge in [0.2, 0.25) is 6.33 Å². The topological polar surface area (TPSA) is 29.7 Å². The molecule has 0 radical (unpaired) electrons. The summed E-state index contributed by atoms with van der Waals surface area (Å²) < 4.78 is 1.96. The summed E-state index contributed by atoms with van der Waals surface area (Å²) in [5, 5.41) is 5.10. The van der Waals surface area contributed by atoms with Crippen molar-refractivity contribution in [2.24, 2.45) is 7.05 Å². The van der Waals surface area contributed by atoms with Crippen LogP contribution in [0.2, 0.25) is 0 Å². The summed E-state index contributed by atoms with van der Waals surface area (Å²) >= 11 is 0. The zero-order valence-electron chi connectivity index (χ0n) is 15.9. The maximum atomic E-state index is 4.49. The molecule has 0 fully saturated rings. The number of benzene rings is 4. The van der Waals surface area contributed by atoms with Gasteiger partial charge in [0.15, 0.2) is 0 Å². The van der Waals surface area contributed by atoms with Crippen LogP contribution in [0.3, 0.4) is 0 Å². The normalized spacial score (nSPS) is 11.2. The Morgan fingerprint density at radius 2 is 1.46 bits per heavy atom. The quantitative estimate of drug-likeness (QED) is 0.317. The van der Waals surface area contributed by atoms with Crippen molar-refractivity contribution in [3.63, 3.8) is 0 Å². The van der Waals surface area contributed by atoms with Crippen molar-refractivity contribution in [2.75, 3.05) is 0 Å². The molecule has 0 N–H and O–H groups in total. The smallest absolute Gasteiger partial charge is 0.236 e. The highest BCUT2D eigenvalue weighted by atomic mass is 15.1. The molecule has 5 aromatic rings. The van der Waals surface area contributed by atoms with E-state index in [4.69, 9.17) is 0 Å². The van der Waals surface area contributed by atoms with E-state index in [2.05, 4.69) is 89.7 Å². The fraction of sp³-hybridized carbons (Fsp3) is 0.0800. The largest absolute Gasteiger partial charge is 0.273 e. The molecule has 3 heteroatoms. The summed E-state index contributed by atoms with van der Waals surface area (Å²) in [5.41, 5.74) is 4.72. The van der Waals surface area contributed by atoms with Crippen LogP contribution in [0.5, 0.6) is 0 Å². The van der Waals surface area contributed by atoms with Gasteiger partial charge in [-0.05, 0) is 57.3 Å². The highest BCUT2D eigenvalue weighted by molar-refractivity contribution is 6.08. The molecule has 0 amide bonds. The van der Waals surface area contributed by atoms with Crippen LogP contribution in [-0.2, 0) is 7.05 Å². The second kappa shape index (κ2) is 6.54. The number of hydrogen-bond donors (Lipinski definition) is 0. The summed E-state index contributed by atoms with van der Waals surface area (Å²) in [7, 11) is 1.98. The predicted octanol–water partition coefficient (Wildman–Crippen LogP) is 5.25. The first-order chi connectivity index (χ1) is 13.7. The minimum absolute atomic E-state index is 0.917. The Morgan fingerprint density at radius 3 is 2.32 bits per heavy atom. The van der Waals surface area contributed by atoms with Gasteiger partial charge in [-0.2, -0.15) is 0 Å². The molecule has 5 rings (SSSR count). The number of nitrogens with zero attached hydrogens (tertiary/aromatic N) is 3. The van der Waals surface area contributed by atoms with Gasteiger partial charge in [0.1, 0.15) is 0 Å². The summed E-state index contributed by atoms with van der Waals surface area (Å²) in [6.07, 6.45) is 3.39. The second-order valence-corrected chi connectivity index (χ2v) is 7.20. The van der Waals surface area contributed by atoms with Gasteiger partial charge >= 0.3 is 0 Å². The highest BCUT2D eigenvalue weighted by Gasteiger charge is 2.14. The number of rotatable bonds is 2. The van der Waals surface area contributed by atoms with Gasteiger partial charge in [-0.15, -0.1) is 0 Å². The van der Waals surface area contributed by atoms with E-state index in [1.165, 1.54) is 38.2 Å². The van der Waals surface area contributed by atoms with Crippen LogP contribution in [0.15, 0.2) is 85.5 Å². The zero-order valence-corrected chi connectivity index (χ0v) is 15.9. The Labute approximate surface area is 164 Å². The molecule has 1 aromatic heterocycles. The van der Waals surface area contributed by atoms with E-state index in [0.717, 1.165) is 11.4 Å². The number of aromatic nitrogens is 3. The maximum Gasteiger partial charge on any atom is 0.273 e. The van der Waals surface area contributed by atoms with Crippen LogP contribution < -0.4 is 4.57 Å². The Balaban J connectivity index is 1.71. The van der Waals surface area contributed by atoms with Gasteiger partial charge in [0.25, 0.3) is 12.2 Å². The fourth-order valence-corrected chi connectivity index (χ4v) is 3.85. The zero-order chi connectivity index (χ0) is 19.1. The van der Waals surface area contributed by atoms with Gasteiger partial charge in [-0.1, -0.05) is 70.6 Å². The third-order valence-corrected chi connectivity index (χ3v) is 5.38. The average molecular weight is 362 g/mol. The van der Waals surface area contributed by atoms with Crippen molar-refractivity contribution in [2.45, 2.75) is 6.92 Å². The van der Waals surface area contributed by atoms with Gasteiger partial charge in [0.05, 0.1) is 12.6 Å². The van der Waals surface area contributed by atoms with Gasteiger partial charge in [0, 0.05) is 0 Å². The molecule has 0 spiro atoms. The van der Waals surface area contributed by atoms with E-state index in [1.807, 2.05) is 11.6 Å².